The minimum atomic E-state index is -0.555. The molecule has 0 saturated carbocycles. The number of terminal acetylenes is 1. The molecule has 0 spiro atoms. The second-order valence-corrected chi connectivity index (χ2v) is 2.17. The average Bonchev–Trinajstić information content (AvgIpc) is 2.19. The molecular weight excluding hydrogens is 168 g/mol. The van der Waals surface area contributed by atoms with E-state index >= 15 is 0 Å². The Morgan fingerprint density at radius 2 is 2.46 bits per heavy atom. The molecule has 0 aliphatic carbocycles. The predicted octanol–water partition coefficient (Wildman–Crippen LogP) is 0.781. The standard InChI is InChI=1S/C9H8N2O2/c1-3-7-4-5-8(11-6-7)13-9(12)10-2/h1,4-6H,2H3,(H,10,12). The first kappa shape index (κ1) is 9.07. The van der Waals surface area contributed by atoms with E-state index in [4.69, 9.17) is 11.2 Å². The number of hydrogen-bond acceptors (Lipinski definition) is 3. The minimum Gasteiger partial charge on any atom is -0.391 e. The normalized spacial score (nSPS) is 8.62. The van der Waals surface area contributed by atoms with E-state index in [1.165, 1.54) is 19.3 Å². The van der Waals surface area contributed by atoms with Crippen molar-refractivity contribution >= 4 is 6.09 Å². The van der Waals surface area contributed by atoms with Crippen LogP contribution in [-0.4, -0.2) is 18.1 Å². The first-order valence-corrected chi connectivity index (χ1v) is 3.58. The monoisotopic (exact) mass is 176 g/mol. The van der Waals surface area contributed by atoms with Gasteiger partial charge in [-0.3, -0.25) is 0 Å². The first-order chi connectivity index (χ1) is 6.26. The number of pyridine rings is 1. The van der Waals surface area contributed by atoms with E-state index < -0.39 is 6.09 Å². The van der Waals surface area contributed by atoms with Crippen molar-refractivity contribution in [3.05, 3.63) is 23.9 Å². The predicted molar refractivity (Wildman–Crippen MR) is 47.3 cm³/mol. The quantitative estimate of drug-likeness (QED) is 0.643. The summed E-state index contributed by atoms with van der Waals surface area (Å²) in [6.45, 7) is 0. The van der Waals surface area contributed by atoms with Gasteiger partial charge in [-0.2, -0.15) is 0 Å². The van der Waals surface area contributed by atoms with E-state index in [2.05, 4.69) is 16.2 Å². The Bertz CT molecular complexity index is 338. The Labute approximate surface area is 75.9 Å². The molecule has 0 aliphatic heterocycles. The van der Waals surface area contributed by atoms with Gasteiger partial charge in [-0.15, -0.1) is 6.42 Å². The smallest absolute Gasteiger partial charge is 0.391 e. The van der Waals surface area contributed by atoms with E-state index in [0.29, 0.717) is 5.56 Å². The number of nitrogens with zero attached hydrogens (tertiary/aromatic N) is 1. The van der Waals surface area contributed by atoms with Gasteiger partial charge >= 0.3 is 6.09 Å². The van der Waals surface area contributed by atoms with E-state index in [0.717, 1.165) is 0 Å². The van der Waals surface area contributed by atoms with E-state index in [9.17, 15) is 4.79 Å². The zero-order valence-electron chi connectivity index (χ0n) is 7.07. The van der Waals surface area contributed by atoms with Crippen LogP contribution in [0.4, 0.5) is 4.79 Å². The fraction of sp³-hybridized carbons (Fsp3) is 0.111. The summed E-state index contributed by atoms with van der Waals surface area (Å²) in [7, 11) is 1.47. The largest absolute Gasteiger partial charge is 0.413 e. The molecule has 0 aromatic carbocycles. The lowest BCUT2D eigenvalue weighted by molar-refractivity contribution is 0.201. The van der Waals surface area contributed by atoms with Gasteiger partial charge < -0.3 is 10.1 Å². The molecule has 1 aromatic rings. The molecule has 1 rings (SSSR count). The lowest BCUT2D eigenvalue weighted by Crippen LogP contribution is -2.22. The molecule has 1 amide bonds. The molecule has 4 nitrogen and oxygen atoms in total. The van der Waals surface area contributed by atoms with Gasteiger partial charge in [-0.05, 0) is 6.07 Å². The molecule has 1 N–H and O–H groups in total. The van der Waals surface area contributed by atoms with E-state index in [1.807, 2.05) is 0 Å². The van der Waals surface area contributed by atoms with E-state index in [1.54, 1.807) is 6.07 Å². The molecule has 1 heterocycles. The van der Waals surface area contributed by atoms with Crippen molar-refractivity contribution in [2.24, 2.45) is 0 Å². The van der Waals surface area contributed by atoms with Crippen molar-refractivity contribution in [3.63, 3.8) is 0 Å². The van der Waals surface area contributed by atoms with Crippen molar-refractivity contribution in [1.82, 2.24) is 10.3 Å². The molecule has 0 fully saturated rings. The highest BCUT2D eigenvalue weighted by atomic mass is 16.6. The van der Waals surface area contributed by atoms with Crippen LogP contribution in [0, 0.1) is 12.3 Å². The number of aromatic nitrogens is 1. The van der Waals surface area contributed by atoms with Gasteiger partial charge in [0.1, 0.15) is 0 Å². The Morgan fingerprint density at radius 3 is 2.92 bits per heavy atom. The van der Waals surface area contributed by atoms with Crippen LogP contribution >= 0.6 is 0 Å². The molecule has 0 saturated heterocycles. The van der Waals surface area contributed by atoms with Crippen LogP contribution in [0.5, 0.6) is 5.88 Å². The molecular formula is C9H8N2O2. The van der Waals surface area contributed by atoms with Crippen LogP contribution in [0.25, 0.3) is 0 Å². The van der Waals surface area contributed by atoms with Gasteiger partial charge in [0.15, 0.2) is 0 Å². The van der Waals surface area contributed by atoms with Crippen molar-refractivity contribution in [1.29, 1.82) is 0 Å². The Kier molecular flexibility index (Phi) is 2.87. The molecule has 13 heavy (non-hydrogen) atoms. The number of amides is 1. The summed E-state index contributed by atoms with van der Waals surface area (Å²) in [5.74, 6) is 2.62. The molecule has 0 unspecified atom stereocenters. The summed E-state index contributed by atoms with van der Waals surface area (Å²) in [5.41, 5.74) is 0.643. The van der Waals surface area contributed by atoms with Crippen molar-refractivity contribution in [2.75, 3.05) is 7.05 Å². The Morgan fingerprint density at radius 1 is 1.69 bits per heavy atom. The molecule has 0 aliphatic rings. The third-order valence-electron chi connectivity index (χ3n) is 1.30. The summed E-state index contributed by atoms with van der Waals surface area (Å²) in [6, 6.07) is 3.18. The van der Waals surface area contributed by atoms with E-state index in [-0.39, 0.29) is 5.88 Å². The minimum absolute atomic E-state index is 0.221. The average molecular weight is 176 g/mol. The molecule has 4 heteroatoms. The van der Waals surface area contributed by atoms with Crippen molar-refractivity contribution in [3.8, 4) is 18.2 Å². The van der Waals surface area contributed by atoms with Gasteiger partial charge in [0, 0.05) is 24.9 Å². The number of ether oxygens (including phenoxy) is 1. The summed E-state index contributed by atoms with van der Waals surface area (Å²) >= 11 is 0. The highest BCUT2D eigenvalue weighted by Gasteiger charge is 2.00. The highest BCUT2D eigenvalue weighted by molar-refractivity contribution is 5.69. The number of rotatable bonds is 1. The topological polar surface area (TPSA) is 51.2 Å². The van der Waals surface area contributed by atoms with Crippen LogP contribution in [0.1, 0.15) is 5.56 Å². The molecule has 0 atom stereocenters. The summed E-state index contributed by atoms with van der Waals surface area (Å²) in [4.78, 5) is 14.5. The first-order valence-electron chi connectivity index (χ1n) is 3.58. The molecule has 0 bridgehead atoms. The second-order valence-electron chi connectivity index (χ2n) is 2.17. The third-order valence-corrected chi connectivity index (χ3v) is 1.30. The molecule has 0 radical (unpaired) electrons. The van der Waals surface area contributed by atoms with Gasteiger partial charge in [0.25, 0.3) is 0 Å². The maximum atomic E-state index is 10.7. The number of carbonyl (C=O) groups excluding carboxylic acids is 1. The lowest BCUT2D eigenvalue weighted by atomic mass is 10.3. The third kappa shape index (κ3) is 2.49. The lowest BCUT2D eigenvalue weighted by Gasteiger charge is -2.00. The summed E-state index contributed by atoms with van der Waals surface area (Å²) < 4.78 is 4.73. The Balaban J connectivity index is 2.71. The summed E-state index contributed by atoms with van der Waals surface area (Å²) in [6.07, 6.45) is 6.02. The van der Waals surface area contributed by atoms with Gasteiger partial charge in [0.05, 0.1) is 0 Å². The maximum Gasteiger partial charge on any atom is 0.413 e. The van der Waals surface area contributed by atoms with Crippen LogP contribution in [0.3, 0.4) is 0 Å². The maximum absolute atomic E-state index is 10.7. The second kappa shape index (κ2) is 4.12. The van der Waals surface area contributed by atoms with Crippen molar-refractivity contribution < 1.29 is 9.53 Å². The van der Waals surface area contributed by atoms with Crippen LogP contribution in [0.15, 0.2) is 18.3 Å². The van der Waals surface area contributed by atoms with Crippen LogP contribution < -0.4 is 10.1 Å². The van der Waals surface area contributed by atoms with Gasteiger partial charge in [-0.1, -0.05) is 5.92 Å². The number of carbonyl (C=O) groups is 1. The van der Waals surface area contributed by atoms with Crippen molar-refractivity contribution in [2.45, 2.75) is 0 Å². The zero-order chi connectivity index (χ0) is 9.68. The SMILES string of the molecule is C#Cc1ccc(OC(=O)NC)nc1. The molecule has 66 valence electrons. The van der Waals surface area contributed by atoms with Crippen LogP contribution in [0.2, 0.25) is 0 Å². The highest BCUT2D eigenvalue weighted by Crippen LogP contribution is 2.06. The van der Waals surface area contributed by atoms with Gasteiger partial charge in [0.2, 0.25) is 5.88 Å². The zero-order valence-corrected chi connectivity index (χ0v) is 7.07. The van der Waals surface area contributed by atoms with Crippen LogP contribution in [-0.2, 0) is 0 Å². The number of hydrogen-bond donors (Lipinski definition) is 1. The van der Waals surface area contributed by atoms with Gasteiger partial charge in [-0.25, -0.2) is 9.78 Å². The Hall–Kier alpha value is -2.02. The summed E-state index contributed by atoms with van der Waals surface area (Å²) in [5, 5.41) is 2.30. The number of nitrogens with one attached hydrogen (secondary N) is 1. The fourth-order valence-electron chi connectivity index (χ4n) is 0.672. The fourth-order valence-corrected chi connectivity index (χ4v) is 0.672. The molecule has 1 aromatic heterocycles.